The van der Waals surface area contributed by atoms with Gasteiger partial charge in [0.05, 0.1) is 0 Å². The van der Waals surface area contributed by atoms with Crippen LogP contribution in [0.2, 0.25) is 0 Å². The number of benzene rings is 1. The van der Waals surface area contributed by atoms with Gasteiger partial charge in [0.2, 0.25) is 0 Å². The van der Waals surface area contributed by atoms with Gasteiger partial charge in [0.15, 0.2) is 0 Å². The highest BCUT2D eigenvalue weighted by atomic mass is 16.5. The van der Waals surface area contributed by atoms with E-state index >= 15 is 0 Å². The number of rotatable bonds is 2. The molecular weight excluding hydrogens is 200 g/mol. The monoisotopic (exact) mass is 218 g/mol. The Balaban J connectivity index is 1.69. The number of piperidine rings is 1. The summed E-state index contributed by atoms with van der Waals surface area (Å²) in [6, 6.07) is 6.46. The van der Waals surface area contributed by atoms with Crippen molar-refractivity contribution in [3.8, 4) is 5.75 Å². The Bertz CT molecular complexity index is 372. The topological polar surface area (TPSA) is 33.3 Å². The molecule has 0 radical (unpaired) electrons. The molecule has 0 spiro atoms. The Kier molecular flexibility index (Phi) is 2.80. The van der Waals surface area contributed by atoms with E-state index in [0.717, 1.165) is 31.9 Å². The Hall–Kier alpha value is -1.06. The fourth-order valence-electron chi connectivity index (χ4n) is 2.46. The lowest BCUT2D eigenvalue weighted by Crippen LogP contribution is -2.37. The SMILES string of the molecule is c1cc2c(cc1OC1CCCNC1)CNC2. The molecule has 3 heteroatoms. The largest absolute Gasteiger partial charge is 0.489 e. The summed E-state index contributed by atoms with van der Waals surface area (Å²) in [4.78, 5) is 0. The highest BCUT2D eigenvalue weighted by Crippen LogP contribution is 2.23. The summed E-state index contributed by atoms with van der Waals surface area (Å²) in [6.07, 6.45) is 2.74. The summed E-state index contributed by atoms with van der Waals surface area (Å²) in [6.45, 7) is 4.10. The van der Waals surface area contributed by atoms with Crippen LogP contribution in [0.5, 0.6) is 5.75 Å². The molecule has 0 amide bonds. The van der Waals surface area contributed by atoms with Crippen molar-refractivity contribution < 1.29 is 4.74 Å². The molecule has 1 aromatic rings. The van der Waals surface area contributed by atoms with Crippen molar-refractivity contribution in [2.24, 2.45) is 0 Å². The molecule has 1 fully saturated rings. The lowest BCUT2D eigenvalue weighted by atomic mass is 10.1. The van der Waals surface area contributed by atoms with Crippen LogP contribution in [-0.4, -0.2) is 19.2 Å². The van der Waals surface area contributed by atoms with E-state index in [1.807, 2.05) is 0 Å². The van der Waals surface area contributed by atoms with Gasteiger partial charge in [-0.05, 0) is 42.6 Å². The van der Waals surface area contributed by atoms with Crippen LogP contribution in [0.3, 0.4) is 0 Å². The average Bonchev–Trinajstić information content (AvgIpc) is 2.77. The predicted octanol–water partition coefficient (Wildman–Crippen LogP) is 1.42. The van der Waals surface area contributed by atoms with Gasteiger partial charge in [0, 0.05) is 19.6 Å². The van der Waals surface area contributed by atoms with Crippen LogP contribution in [0.15, 0.2) is 18.2 Å². The molecule has 3 nitrogen and oxygen atoms in total. The van der Waals surface area contributed by atoms with Gasteiger partial charge in [-0.25, -0.2) is 0 Å². The third-order valence-electron chi connectivity index (χ3n) is 3.36. The second-order valence-electron chi connectivity index (χ2n) is 4.62. The van der Waals surface area contributed by atoms with Crippen molar-refractivity contribution in [3.63, 3.8) is 0 Å². The van der Waals surface area contributed by atoms with Gasteiger partial charge in [0.1, 0.15) is 11.9 Å². The molecule has 16 heavy (non-hydrogen) atoms. The third-order valence-corrected chi connectivity index (χ3v) is 3.36. The average molecular weight is 218 g/mol. The molecular formula is C13H18N2O. The molecule has 0 saturated carbocycles. The van der Waals surface area contributed by atoms with Crippen molar-refractivity contribution in [1.29, 1.82) is 0 Å². The van der Waals surface area contributed by atoms with Gasteiger partial charge in [-0.15, -0.1) is 0 Å². The zero-order chi connectivity index (χ0) is 10.8. The van der Waals surface area contributed by atoms with E-state index in [1.165, 1.54) is 24.0 Å². The Morgan fingerprint density at radius 1 is 1.12 bits per heavy atom. The van der Waals surface area contributed by atoms with Gasteiger partial charge < -0.3 is 15.4 Å². The van der Waals surface area contributed by atoms with Crippen LogP contribution in [0.25, 0.3) is 0 Å². The summed E-state index contributed by atoms with van der Waals surface area (Å²) >= 11 is 0. The van der Waals surface area contributed by atoms with Crippen molar-refractivity contribution in [2.45, 2.75) is 32.0 Å². The van der Waals surface area contributed by atoms with Crippen LogP contribution in [0.1, 0.15) is 24.0 Å². The molecule has 2 N–H and O–H groups in total. The maximum atomic E-state index is 5.99. The van der Waals surface area contributed by atoms with E-state index < -0.39 is 0 Å². The van der Waals surface area contributed by atoms with E-state index in [-0.39, 0.29) is 0 Å². The number of fused-ring (bicyclic) bond motifs is 1. The quantitative estimate of drug-likeness (QED) is 0.787. The Morgan fingerprint density at radius 2 is 2.06 bits per heavy atom. The van der Waals surface area contributed by atoms with E-state index in [0.29, 0.717) is 6.10 Å². The normalized spacial score (nSPS) is 24.1. The minimum atomic E-state index is 0.348. The summed E-state index contributed by atoms with van der Waals surface area (Å²) in [5, 5.41) is 6.72. The minimum absolute atomic E-state index is 0.348. The highest BCUT2D eigenvalue weighted by Gasteiger charge is 2.16. The lowest BCUT2D eigenvalue weighted by molar-refractivity contribution is 0.167. The van der Waals surface area contributed by atoms with Crippen LogP contribution >= 0.6 is 0 Å². The Labute approximate surface area is 96.2 Å². The molecule has 1 aromatic carbocycles. The first-order chi connectivity index (χ1) is 7.92. The predicted molar refractivity (Wildman–Crippen MR) is 63.5 cm³/mol. The fraction of sp³-hybridized carbons (Fsp3) is 0.538. The molecule has 0 aliphatic carbocycles. The molecule has 3 rings (SSSR count). The molecule has 2 aliphatic rings. The molecule has 86 valence electrons. The van der Waals surface area contributed by atoms with Gasteiger partial charge >= 0.3 is 0 Å². The van der Waals surface area contributed by atoms with Gasteiger partial charge in [-0.2, -0.15) is 0 Å². The zero-order valence-electron chi connectivity index (χ0n) is 9.46. The Morgan fingerprint density at radius 3 is 2.94 bits per heavy atom. The number of ether oxygens (including phenoxy) is 1. The van der Waals surface area contributed by atoms with Crippen molar-refractivity contribution in [3.05, 3.63) is 29.3 Å². The van der Waals surface area contributed by atoms with E-state index in [4.69, 9.17) is 4.74 Å². The molecule has 1 unspecified atom stereocenters. The standard InChI is InChI=1S/C13H18N2O/c1-2-13(9-14-5-1)16-12-4-3-10-7-15-8-11(10)6-12/h3-4,6,13-15H,1-2,5,7-9H2. The van der Waals surface area contributed by atoms with Crippen molar-refractivity contribution in [2.75, 3.05) is 13.1 Å². The summed E-state index contributed by atoms with van der Waals surface area (Å²) < 4.78 is 5.99. The molecule has 0 bridgehead atoms. The van der Waals surface area contributed by atoms with Gasteiger partial charge in [0.25, 0.3) is 0 Å². The van der Waals surface area contributed by atoms with Crippen molar-refractivity contribution >= 4 is 0 Å². The van der Waals surface area contributed by atoms with Gasteiger partial charge in [-0.3, -0.25) is 0 Å². The molecule has 2 heterocycles. The van der Waals surface area contributed by atoms with Crippen LogP contribution in [-0.2, 0) is 13.1 Å². The summed E-state index contributed by atoms with van der Waals surface area (Å²) in [5.74, 6) is 1.02. The lowest BCUT2D eigenvalue weighted by Gasteiger charge is -2.24. The van der Waals surface area contributed by atoms with E-state index in [9.17, 15) is 0 Å². The van der Waals surface area contributed by atoms with Crippen molar-refractivity contribution in [1.82, 2.24) is 10.6 Å². The second-order valence-corrected chi connectivity index (χ2v) is 4.62. The molecule has 2 aliphatic heterocycles. The fourth-order valence-corrected chi connectivity index (χ4v) is 2.46. The number of nitrogens with one attached hydrogen (secondary N) is 2. The van der Waals surface area contributed by atoms with Gasteiger partial charge in [-0.1, -0.05) is 6.07 Å². The van der Waals surface area contributed by atoms with Crippen LogP contribution in [0, 0.1) is 0 Å². The second kappa shape index (κ2) is 4.44. The van der Waals surface area contributed by atoms with E-state index in [1.54, 1.807) is 0 Å². The maximum absolute atomic E-state index is 5.99. The minimum Gasteiger partial charge on any atom is -0.489 e. The first-order valence-corrected chi connectivity index (χ1v) is 6.12. The van der Waals surface area contributed by atoms with E-state index in [2.05, 4.69) is 28.8 Å². The first-order valence-electron chi connectivity index (χ1n) is 6.12. The van der Waals surface area contributed by atoms with Crippen LogP contribution < -0.4 is 15.4 Å². The first kappa shape index (κ1) is 10.1. The van der Waals surface area contributed by atoms with Crippen LogP contribution in [0.4, 0.5) is 0 Å². The maximum Gasteiger partial charge on any atom is 0.120 e. The molecule has 1 saturated heterocycles. The zero-order valence-corrected chi connectivity index (χ0v) is 9.46. The molecule has 0 aromatic heterocycles. The summed E-state index contributed by atoms with van der Waals surface area (Å²) in [5.41, 5.74) is 2.80. The summed E-state index contributed by atoms with van der Waals surface area (Å²) in [7, 11) is 0. The number of hydrogen-bond donors (Lipinski definition) is 2. The smallest absolute Gasteiger partial charge is 0.120 e. The number of hydrogen-bond acceptors (Lipinski definition) is 3. The highest BCUT2D eigenvalue weighted by molar-refractivity contribution is 5.37. The molecule has 1 atom stereocenters. The third kappa shape index (κ3) is 2.06.